The molecule has 2 aromatic rings. The molecule has 1 N–H and O–H groups in total. The van der Waals surface area contributed by atoms with Gasteiger partial charge in [-0.25, -0.2) is 4.98 Å². The third-order valence-corrected chi connectivity index (χ3v) is 8.49. The first kappa shape index (κ1) is 21.9. The molecule has 7 heteroatoms. The van der Waals surface area contributed by atoms with Gasteiger partial charge >= 0.3 is 0 Å². The summed E-state index contributed by atoms with van der Waals surface area (Å²) in [6.45, 7) is 6.80. The summed E-state index contributed by atoms with van der Waals surface area (Å²) < 4.78 is 0. The average Bonchev–Trinajstić information content (AvgIpc) is 3.33. The van der Waals surface area contributed by atoms with Crippen LogP contribution in [-0.4, -0.2) is 16.6 Å². The lowest BCUT2D eigenvalue weighted by atomic mass is 9.72. The number of nitriles is 2. The summed E-state index contributed by atoms with van der Waals surface area (Å²) in [6.07, 6.45) is 5.91. The van der Waals surface area contributed by atoms with E-state index in [1.165, 1.54) is 16.6 Å². The molecule has 31 heavy (non-hydrogen) atoms. The van der Waals surface area contributed by atoms with E-state index in [0.29, 0.717) is 27.1 Å². The third-order valence-electron chi connectivity index (χ3n) is 6.33. The van der Waals surface area contributed by atoms with Crippen molar-refractivity contribution < 1.29 is 4.79 Å². The van der Waals surface area contributed by atoms with Crippen LogP contribution in [0.2, 0.25) is 0 Å². The second kappa shape index (κ2) is 8.65. The topological polar surface area (TPSA) is 89.6 Å². The SMILES string of the molecule is CC(C)(C)[C@@H]1CCc2c(sc(NC(=O)CSc3nc4c(cc3C#N)CCC4)c2C#N)C1. The van der Waals surface area contributed by atoms with Crippen molar-refractivity contribution in [2.45, 2.75) is 64.3 Å². The van der Waals surface area contributed by atoms with Gasteiger partial charge in [-0.1, -0.05) is 32.5 Å². The van der Waals surface area contributed by atoms with Gasteiger partial charge in [0.05, 0.1) is 16.9 Å². The molecule has 2 aromatic heterocycles. The summed E-state index contributed by atoms with van der Waals surface area (Å²) in [5.41, 5.74) is 4.71. The van der Waals surface area contributed by atoms with Gasteiger partial charge in [0.15, 0.2) is 0 Å². The molecule has 2 heterocycles. The minimum absolute atomic E-state index is 0.165. The van der Waals surface area contributed by atoms with E-state index in [1.54, 1.807) is 11.3 Å². The predicted molar refractivity (Wildman–Crippen MR) is 124 cm³/mol. The molecule has 0 aliphatic heterocycles. The Morgan fingerprint density at radius 2 is 2.10 bits per heavy atom. The Balaban J connectivity index is 1.46. The second-order valence-corrected chi connectivity index (χ2v) is 11.4. The number of aromatic nitrogens is 1. The van der Waals surface area contributed by atoms with E-state index in [0.717, 1.165) is 55.3 Å². The number of fused-ring (bicyclic) bond motifs is 2. The molecule has 0 aromatic carbocycles. The first-order valence-corrected chi connectivity index (χ1v) is 12.5. The molecular weight excluding hydrogens is 424 g/mol. The zero-order valence-electron chi connectivity index (χ0n) is 18.2. The van der Waals surface area contributed by atoms with E-state index in [-0.39, 0.29) is 17.1 Å². The summed E-state index contributed by atoms with van der Waals surface area (Å²) >= 11 is 2.84. The Kier molecular flexibility index (Phi) is 6.10. The number of anilines is 1. The summed E-state index contributed by atoms with van der Waals surface area (Å²) in [5.74, 6) is 0.580. The van der Waals surface area contributed by atoms with Crippen LogP contribution in [-0.2, 0) is 30.5 Å². The minimum Gasteiger partial charge on any atom is -0.316 e. The normalized spacial score (nSPS) is 17.4. The zero-order chi connectivity index (χ0) is 22.2. The van der Waals surface area contributed by atoms with Crippen LogP contribution >= 0.6 is 23.1 Å². The Bertz CT molecular complexity index is 1110. The monoisotopic (exact) mass is 450 g/mol. The number of carbonyl (C=O) groups excluding carboxylic acids is 1. The fraction of sp³-hybridized carbons (Fsp3) is 0.500. The van der Waals surface area contributed by atoms with Crippen molar-refractivity contribution >= 4 is 34.0 Å². The van der Waals surface area contributed by atoms with Crippen LogP contribution in [0.25, 0.3) is 0 Å². The van der Waals surface area contributed by atoms with Crippen molar-refractivity contribution in [3.05, 3.63) is 38.9 Å². The van der Waals surface area contributed by atoms with E-state index >= 15 is 0 Å². The molecule has 0 fully saturated rings. The molecule has 0 saturated carbocycles. The Hall–Kier alpha value is -2.35. The van der Waals surface area contributed by atoms with Crippen LogP contribution in [0, 0.1) is 34.0 Å². The van der Waals surface area contributed by atoms with Gasteiger partial charge in [-0.05, 0) is 67.1 Å². The quantitative estimate of drug-likeness (QED) is 0.642. The number of hydrogen-bond acceptors (Lipinski definition) is 6. The highest BCUT2D eigenvalue weighted by Gasteiger charge is 2.32. The van der Waals surface area contributed by atoms with Crippen LogP contribution in [0.4, 0.5) is 5.00 Å². The lowest BCUT2D eigenvalue weighted by Crippen LogP contribution is -2.26. The lowest BCUT2D eigenvalue weighted by molar-refractivity contribution is -0.113. The van der Waals surface area contributed by atoms with Crippen molar-refractivity contribution in [1.29, 1.82) is 10.5 Å². The minimum atomic E-state index is -0.168. The number of thiophene rings is 1. The van der Waals surface area contributed by atoms with Gasteiger partial charge in [0.25, 0.3) is 0 Å². The molecule has 0 unspecified atom stereocenters. The van der Waals surface area contributed by atoms with Crippen LogP contribution < -0.4 is 5.32 Å². The molecule has 5 nitrogen and oxygen atoms in total. The molecule has 4 rings (SSSR count). The molecule has 0 bridgehead atoms. The van der Waals surface area contributed by atoms with E-state index in [2.05, 4.69) is 43.2 Å². The first-order chi connectivity index (χ1) is 14.8. The predicted octanol–water partition coefficient (Wildman–Crippen LogP) is 5.26. The lowest BCUT2D eigenvalue weighted by Gasteiger charge is -2.33. The van der Waals surface area contributed by atoms with Crippen molar-refractivity contribution in [3.63, 3.8) is 0 Å². The molecule has 0 spiro atoms. The van der Waals surface area contributed by atoms with Crippen LogP contribution in [0.1, 0.15) is 66.4 Å². The van der Waals surface area contributed by atoms with E-state index < -0.39 is 0 Å². The standard InChI is InChI=1S/C24H26N4OS2/c1-24(2,3)16-7-8-17-18(12-26)23(31-20(17)10-16)28-21(29)13-30-22-15(11-25)9-14-5-4-6-19(14)27-22/h9,16H,4-8,10,13H2,1-3H3,(H,28,29)/t16-/m1/s1. The summed E-state index contributed by atoms with van der Waals surface area (Å²) in [7, 11) is 0. The van der Waals surface area contributed by atoms with Gasteiger partial charge in [0.1, 0.15) is 22.2 Å². The fourth-order valence-corrected chi connectivity index (χ4v) is 6.54. The van der Waals surface area contributed by atoms with Crippen LogP contribution in [0.3, 0.4) is 0 Å². The Morgan fingerprint density at radius 3 is 2.81 bits per heavy atom. The highest BCUT2D eigenvalue weighted by molar-refractivity contribution is 8.00. The molecule has 2 aliphatic rings. The number of aryl methyl sites for hydroxylation is 2. The fourth-order valence-electron chi connectivity index (χ4n) is 4.47. The van der Waals surface area contributed by atoms with Crippen molar-refractivity contribution in [2.75, 3.05) is 11.1 Å². The number of amides is 1. The molecular formula is C24H26N4OS2. The van der Waals surface area contributed by atoms with Crippen molar-refractivity contribution in [3.8, 4) is 12.1 Å². The van der Waals surface area contributed by atoms with E-state index in [4.69, 9.17) is 0 Å². The van der Waals surface area contributed by atoms with Gasteiger partial charge in [-0.2, -0.15) is 10.5 Å². The zero-order valence-corrected chi connectivity index (χ0v) is 19.8. The largest absolute Gasteiger partial charge is 0.316 e. The summed E-state index contributed by atoms with van der Waals surface area (Å²) in [5, 5.41) is 23.4. The number of rotatable bonds is 4. The average molecular weight is 451 g/mol. The summed E-state index contributed by atoms with van der Waals surface area (Å²) in [4.78, 5) is 18.5. The first-order valence-electron chi connectivity index (χ1n) is 10.7. The smallest absolute Gasteiger partial charge is 0.235 e. The second-order valence-electron chi connectivity index (χ2n) is 9.37. The van der Waals surface area contributed by atoms with Crippen LogP contribution in [0.5, 0.6) is 0 Å². The molecule has 0 saturated heterocycles. The van der Waals surface area contributed by atoms with E-state index in [1.807, 2.05) is 6.07 Å². The number of hydrogen-bond donors (Lipinski definition) is 1. The molecule has 1 atom stereocenters. The maximum absolute atomic E-state index is 12.7. The molecule has 160 valence electrons. The number of nitrogens with one attached hydrogen (secondary N) is 1. The number of pyridine rings is 1. The van der Waals surface area contributed by atoms with E-state index in [9.17, 15) is 15.3 Å². The van der Waals surface area contributed by atoms with Crippen molar-refractivity contribution in [1.82, 2.24) is 4.98 Å². The van der Waals surface area contributed by atoms with Gasteiger partial charge in [-0.3, -0.25) is 4.79 Å². The molecule has 1 amide bonds. The highest BCUT2D eigenvalue weighted by atomic mass is 32.2. The van der Waals surface area contributed by atoms with Gasteiger partial charge in [0, 0.05) is 10.6 Å². The molecule has 2 aliphatic carbocycles. The van der Waals surface area contributed by atoms with Crippen molar-refractivity contribution in [2.24, 2.45) is 11.3 Å². The van der Waals surface area contributed by atoms with Gasteiger partial charge in [-0.15, -0.1) is 11.3 Å². The maximum Gasteiger partial charge on any atom is 0.235 e. The third kappa shape index (κ3) is 4.49. The number of thioether (sulfide) groups is 1. The van der Waals surface area contributed by atoms with Crippen LogP contribution in [0.15, 0.2) is 11.1 Å². The highest BCUT2D eigenvalue weighted by Crippen LogP contribution is 2.44. The van der Waals surface area contributed by atoms with Gasteiger partial charge < -0.3 is 5.32 Å². The summed E-state index contributed by atoms with van der Waals surface area (Å²) in [6, 6.07) is 6.45. The maximum atomic E-state index is 12.7. The van der Waals surface area contributed by atoms with Gasteiger partial charge in [0.2, 0.25) is 5.91 Å². The number of nitrogens with zero attached hydrogens (tertiary/aromatic N) is 3. The molecule has 0 radical (unpaired) electrons. The Labute approximate surface area is 191 Å². The Morgan fingerprint density at radius 1 is 1.29 bits per heavy atom. The number of carbonyl (C=O) groups is 1.